The highest BCUT2D eigenvalue weighted by molar-refractivity contribution is 5.70. The molecule has 1 aromatic carbocycles. The van der Waals surface area contributed by atoms with E-state index in [1.54, 1.807) is 0 Å². The van der Waals surface area contributed by atoms with Gasteiger partial charge in [0.15, 0.2) is 6.29 Å². The van der Waals surface area contributed by atoms with Gasteiger partial charge in [-0.05, 0) is 67.9 Å². The number of carbonyl (C=O) groups is 1. The summed E-state index contributed by atoms with van der Waals surface area (Å²) in [5.74, 6) is -0.0750. The predicted molar refractivity (Wildman–Crippen MR) is 118 cm³/mol. The highest BCUT2D eigenvalue weighted by Crippen LogP contribution is 2.33. The Morgan fingerprint density at radius 3 is 2.73 bits per heavy atom. The maximum atomic E-state index is 11.9. The molecule has 1 heterocycles. The van der Waals surface area contributed by atoms with Crippen molar-refractivity contribution < 1.29 is 24.1 Å². The highest BCUT2D eigenvalue weighted by Gasteiger charge is 2.24. The summed E-state index contributed by atoms with van der Waals surface area (Å²) < 4.78 is 17.3. The van der Waals surface area contributed by atoms with Crippen LogP contribution in [0.2, 0.25) is 0 Å². The lowest BCUT2D eigenvalue weighted by atomic mass is 9.87. The van der Waals surface area contributed by atoms with E-state index in [1.807, 2.05) is 13.0 Å². The molecule has 1 saturated heterocycles. The smallest absolute Gasteiger partial charge is 0.306 e. The van der Waals surface area contributed by atoms with Crippen molar-refractivity contribution in [3.05, 3.63) is 35.4 Å². The third kappa shape index (κ3) is 8.37. The van der Waals surface area contributed by atoms with Crippen molar-refractivity contribution in [3.63, 3.8) is 0 Å². The maximum absolute atomic E-state index is 11.9. The third-order valence-corrected chi connectivity index (χ3v) is 5.83. The number of ether oxygens (including phenoxy) is 3. The number of esters is 1. The molecule has 1 aliphatic heterocycles. The summed E-state index contributed by atoms with van der Waals surface area (Å²) in [5, 5.41) is 9.56. The molecule has 5 nitrogen and oxygen atoms in total. The topological polar surface area (TPSA) is 65.0 Å². The second kappa shape index (κ2) is 12.4. The Bertz CT molecular complexity index is 636. The van der Waals surface area contributed by atoms with Gasteiger partial charge in [-0.2, -0.15) is 0 Å². The van der Waals surface area contributed by atoms with Gasteiger partial charge in [-0.1, -0.05) is 45.0 Å². The van der Waals surface area contributed by atoms with E-state index in [1.165, 1.54) is 0 Å². The van der Waals surface area contributed by atoms with E-state index < -0.39 is 0 Å². The van der Waals surface area contributed by atoms with E-state index >= 15 is 0 Å². The molecule has 1 aliphatic rings. The lowest BCUT2D eigenvalue weighted by molar-refractivity contribution is -0.191. The van der Waals surface area contributed by atoms with Crippen LogP contribution in [0.15, 0.2) is 24.3 Å². The number of hydrogen-bond acceptors (Lipinski definition) is 5. The molecule has 0 radical (unpaired) electrons. The van der Waals surface area contributed by atoms with E-state index in [4.69, 9.17) is 14.2 Å². The maximum Gasteiger partial charge on any atom is 0.306 e. The molecule has 0 amide bonds. The van der Waals surface area contributed by atoms with Crippen LogP contribution in [0.1, 0.15) is 95.8 Å². The lowest BCUT2D eigenvalue weighted by Gasteiger charge is -2.29. The van der Waals surface area contributed by atoms with E-state index in [0.29, 0.717) is 13.0 Å². The number of aliphatic hydroxyl groups excluding tert-OH is 1. The van der Waals surface area contributed by atoms with Crippen molar-refractivity contribution in [1.29, 1.82) is 0 Å². The molecule has 170 valence electrons. The first-order valence-corrected chi connectivity index (χ1v) is 11.5. The van der Waals surface area contributed by atoms with Gasteiger partial charge >= 0.3 is 5.97 Å². The van der Waals surface area contributed by atoms with Crippen LogP contribution in [0.3, 0.4) is 0 Å². The Morgan fingerprint density at radius 1 is 1.30 bits per heavy atom. The summed E-state index contributed by atoms with van der Waals surface area (Å²) in [5.41, 5.74) is 2.16. The van der Waals surface area contributed by atoms with Gasteiger partial charge in [-0.25, -0.2) is 0 Å². The van der Waals surface area contributed by atoms with Gasteiger partial charge in [-0.15, -0.1) is 0 Å². The molecule has 0 aliphatic carbocycles. The monoisotopic (exact) mass is 420 g/mol. The summed E-state index contributed by atoms with van der Waals surface area (Å²) in [6.07, 6.45) is 6.09. The molecule has 0 aromatic heterocycles. The molecule has 5 heteroatoms. The Labute approximate surface area is 182 Å². The zero-order valence-corrected chi connectivity index (χ0v) is 19.2. The van der Waals surface area contributed by atoms with Crippen LogP contribution in [0.5, 0.6) is 0 Å². The van der Waals surface area contributed by atoms with Gasteiger partial charge in [0.1, 0.15) is 0 Å². The first kappa shape index (κ1) is 24.8. The second-order valence-electron chi connectivity index (χ2n) is 9.22. The number of rotatable bonds is 12. The van der Waals surface area contributed by atoms with Gasteiger partial charge in [-0.3, -0.25) is 4.79 Å². The molecule has 30 heavy (non-hydrogen) atoms. The Hall–Kier alpha value is -1.43. The van der Waals surface area contributed by atoms with E-state index in [0.717, 1.165) is 56.3 Å². The fourth-order valence-corrected chi connectivity index (χ4v) is 3.81. The van der Waals surface area contributed by atoms with Crippen LogP contribution in [0.25, 0.3) is 0 Å². The van der Waals surface area contributed by atoms with Crippen molar-refractivity contribution >= 4 is 5.97 Å². The number of benzene rings is 1. The molecule has 2 rings (SSSR count). The van der Waals surface area contributed by atoms with Gasteiger partial charge in [0.25, 0.3) is 0 Å². The van der Waals surface area contributed by atoms with E-state index in [9.17, 15) is 9.90 Å². The zero-order valence-electron chi connectivity index (χ0n) is 19.2. The van der Waals surface area contributed by atoms with Crippen molar-refractivity contribution in [3.8, 4) is 0 Å². The van der Waals surface area contributed by atoms with Crippen molar-refractivity contribution in [2.45, 2.75) is 91.0 Å². The first-order chi connectivity index (χ1) is 14.3. The quantitative estimate of drug-likeness (QED) is 0.451. The summed E-state index contributed by atoms with van der Waals surface area (Å²) >= 11 is 0. The van der Waals surface area contributed by atoms with Crippen molar-refractivity contribution in [2.24, 2.45) is 5.41 Å². The van der Waals surface area contributed by atoms with Crippen LogP contribution in [0.4, 0.5) is 0 Å². The molecule has 3 atom stereocenters. The van der Waals surface area contributed by atoms with Gasteiger partial charge in [0, 0.05) is 13.2 Å². The molecule has 0 bridgehead atoms. The molecular formula is C25H40O5. The summed E-state index contributed by atoms with van der Waals surface area (Å²) in [7, 11) is 0. The lowest BCUT2D eigenvalue weighted by Crippen LogP contribution is -2.25. The normalized spacial score (nSPS) is 19.3. The molecule has 1 fully saturated rings. The fourth-order valence-electron chi connectivity index (χ4n) is 3.81. The van der Waals surface area contributed by atoms with Crippen LogP contribution in [0, 0.1) is 5.41 Å². The van der Waals surface area contributed by atoms with Crippen LogP contribution in [-0.2, 0) is 19.0 Å². The standard InChI is InChI=1S/C25H40O5/c1-5-28-23(27)16-19(2)20-10-8-11-21(17-20)22(12-9-14-25(3,4)18-26)30-24-13-6-7-15-29-24/h8,10-11,17,19,22,24,26H,5-7,9,12-16,18H2,1-4H3. The van der Waals surface area contributed by atoms with Crippen LogP contribution in [-0.4, -0.2) is 37.2 Å². The molecule has 1 N–H and O–H groups in total. The molecule has 3 unspecified atom stereocenters. The second-order valence-corrected chi connectivity index (χ2v) is 9.22. The Balaban J connectivity index is 2.10. The molecule has 1 aromatic rings. The zero-order chi connectivity index (χ0) is 22.0. The minimum Gasteiger partial charge on any atom is -0.466 e. The van der Waals surface area contributed by atoms with Crippen LogP contribution >= 0.6 is 0 Å². The summed E-state index contributed by atoms with van der Waals surface area (Å²) in [6.45, 7) is 9.41. The summed E-state index contributed by atoms with van der Waals surface area (Å²) in [4.78, 5) is 11.9. The van der Waals surface area contributed by atoms with Gasteiger partial charge in [0.05, 0.1) is 19.1 Å². The van der Waals surface area contributed by atoms with Crippen molar-refractivity contribution in [1.82, 2.24) is 0 Å². The molecule has 0 saturated carbocycles. The minimum absolute atomic E-state index is 0.0580. The average Bonchev–Trinajstić information content (AvgIpc) is 2.74. The number of hydrogen-bond donors (Lipinski definition) is 1. The van der Waals surface area contributed by atoms with Crippen molar-refractivity contribution in [2.75, 3.05) is 19.8 Å². The number of aliphatic hydroxyl groups is 1. The fraction of sp³-hybridized carbons (Fsp3) is 0.720. The van der Waals surface area contributed by atoms with E-state index in [-0.39, 0.29) is 36.3 Å². The predicted octanol–water partition coefficient (Wildman–Crippen LogP) is 5.52. The summed E-state index contributed by atoms with van der Waals surface area (Å²) in [6, 6.07) is 8.37. The van der Waals surface area contributed by atoms with E-state index in [2.05, 4.69) is 39.0 Å². The highest BCUT2D eigenvalue weighted by atomic mass is 16.7. The SMILES string of the molecule is CCOC(=O)CC(C)c1cccc(C(CCCC(C)(C)CO)OC2CCCCO2)c1. The molecule has 0 spiro atoms. The van der Waals surface area contributed by atoms with Crippen LogP contribution < -0.4 is 0 Å². The largest absolute Gasteiger partial charge is 0.466 e. The van der Waals surface area contributed by atoms with Gasteiger partial charge < -0.3 is 19.3 Å². The minimum atomic E-state index is -0.162. The first-order valence-electron chi connectivity index (χ1n) is 11.5. The average molecular weight is 421 g/mol. The number of carbonyl (C=O) groups excluding carboxylic acids is 1. The third-order valence-electron chi connectivity index (χ3n) is 5.83. The van der Waals surface area contributed by atoms with Gasteiger partial charge in [0.2, 0.25) is 0 Å². The Kier molecular flexibility index (Phi) is 10.3. The Morgan fingerprint density at radius 2 is 2.07 bits per heavy atom. The molecular weight excluding hydrogens is 380 g/mol.